The molecule has 0 aliphatic heterocycles. The zero-order valence-electron chi connectivity index (χ0n) is 13.3. The fourth-order valence-corrected chi connectivity index (χ4v) is 3.32. The number of carbonyl (C=O) groups is 1. The first-order chi connectivity index (χ1) is 11.7. The molecule has 0 atom stereocenters. The molecular formula is C19H17FN2OS. The summed E-state index contributed by atoms with van der Waals surface area (Å²) in [5.41, 5.74) is 1.77. The van der Waals surface area contributed by atoms with Crippen molar-refractivity contribution in [1.82, 2.24) is 9.88 Å². The Labute approximate surface area is 144 Å². The normalized spacial score (nSPS) is 10.6. The quantitative estimate of drug-likeness (QED) is 0.679. The monoisotopic (exact) mass is 340 g/mol. The van der Waals surface area contributed by atoms with Crippen LogP contribution in [0.15, 0.2) is 60.8 Å². The lowest BCUT2D eigenvalue weighted by Gasteiger charge is -2.20. The second-order valence-corrected chi connectivity index (χ2v) is 6.38. The van der Waals surface area contributed by atoms with Crippen molar-refractivity contribution in [1.29, 1.82) is 0 Å². The van der Waals surface area contributed by atoms with E-state index in [2.05, 4.69) is 4.98 Å². The van der Waals surface area contributed by atoms with Crippen LogP contribution in [0.3, 0.4) is 0 Å². The Hall–Kier alpha value is -2.53. The average molecular weight is 340 g/mol. The molecule has 3 rings (SSSR count). The van der Waals surface area contributed by atoms with Crippen molar-refractivity contribution in [3.63, 3.8) is 0 Å². The van der Waals surface area contributed by atoms with Gasteiger partial charge in [-0.1, -0.05) is 42.5 Å². The molecular weight excluding hydrogens is 323 g/mol. The first-order valence-electron chi connectivity index (χ1n) is 7.72. The van der Waals surface area contributed by atoms with Gasteiger partial charge in [-0.15, -0.1) is 11.3 Å². The topological polar surface area (TPSA) is 33.2 Å². The maximum Gasteiger partial charge on any atom is 0.265 e. The number of nitrogens with zero attached hydrogens (tertiary/aromatic N) is 2. The molecule has 0 saturated heterocycles. The summed E-state index contributed by atoms with van der Waals surface area (Å²) in [5.74, 6) is -0.374. The van der Waals surface area contributed by atoms with Gasteiger partial charge in [-0.05, 0) is 24.6 Å². The number of aromatic nitrogens is 1. The van der Waals surface area contributed by atoms with E-state index in [0.29, 0.717) is 18.0 Å². The Balaban J connectivity index is 1.78. The van der Waals surface area contributed by atoms with Gasteiger partial charge in [0.05, 0.1) is 6.20 Å². The van der Waals surface area contributed by atoms with Crippen LogP contribution in [0.1, 0.15) is 22.2 Å². The maximum atomic E-state index is 13.3. The molecule has 0 N–H and O–H groups in total. The van der Waals surface area contributed by atoms with E-state index in [1.807, 2.05) is 43.3 Å². The molecule has 0 fully saturated rings. The highest BCUT2D eigenvalue weighted by Gasteiger charge is 2.18. The smallest absolute Gasteiger partial charge is 0.265 e. The molecule has 2 aromatic carbocycles. The second kappa shape index (κ2) is 7.36. The van der Waals surface area contributed by atoms with Crippen LogP contribution >= 0.6 is 11.3 Å². The lowest BCUT2D eigenvalue weighted by molar-refractivity contribution is 0.0757. The van der Waals surface area contributed by atoms with Gasteiger partial charge >= 0.3 is 0 Å². The number of benzene rings is 2. The summed E-state index contributed by atoms with van der Waals surface area (Å²) in [6.45, 7) is 2.84. The fraction of sp³-hybridized carbons (Fsp3) is 0.158. The minimum Gasteiger partial charge on any atom is -0.334 e. The Morgan fingerprint density at radius 1 is 1.17 bits per heavy atom. The number of hydrogen-bond donors (Lipinski definition) is 0. The van der Waals surface area contributed by atoms with E-state index >= 15 is 0 Å². The van der Waals surface area contributed by atoms with Gasteiger partial charge in [-0.25, -0.2) is 9.37 Å². The molecule has 0 bridgehead atoms. The molecule has 0 aliphatic carbocycles. The second-order valence-electron chi connectivity index (χ2n) is 5.34. The third-order valence-electron chi connectivity index (χ3n) is 3.67. The average Bonchev–Trinajstić information content (AvgIpc) is 3.10. The van der Waals surface area contributed by atoms with Crippen LogP contribution in [0.5, 0.6) is 0 Å². The van der Waals surface area contributed by atoms with Crippen LogP contribution < -0.4 is 0 Å². The molecule has 1 heterocycles. The first kappa shape index (κ1) is 16.3. The summed E-state index contributed by atoms with van der Waals surface area (Å²) >= 11 is 1.38. The molecule has 0 radical (unpaired) electrons. The van der Waals surface area contributed by atoms with Crippen LogP contribution in [-0.4, -0.2) is 22.3 Å². The van der Waals surface area contributed by atoms with Crippen LogP contribution in [0.2, 0.25) is 0 Å². The van der Waals surface area contributed by atoms with E-state index in [1.54, 1.807) is 17.2 Å². The van der Waals surface area contributed by atoms with Crippen molar-refractivity contribution >= 4 is 17.2 Å². The first-order valence-corrected chi connectivity index (χ1v) is 8.54. The van der Waals surface area contributed by atoms with E-state index in [-0.39, 0.29) is 11.7 Å². The Kier molecular flexibility index (Phi) is 5.01. The van der Waals surface area contributed by atoms with Crippen LogP contribution in [0, 0.1) is 5.82 Å². The summed E-state index contributed by atoms with van der Waals surface area (Å²) in [4.78, 5) is 19.4. The van der Waals surface area contributed by atoms with Gasteiger partial charge in [0.25, 0.3) is 5.91 Å². The van der Waals surface area contributed by atoms with Crippen molar-refractivity contribution in [3.8, 4) is 10.6 Å². The number of amides is 1. The summed E-state index contributed by atoms with van der Waals surface area (Å²) in [6, 6.07) is 16.1. The SMILES string of the molecule is CCN(Cc1cccc(F)c1)C(=O)c1cnc(-c2ccccc2)s1. The standard InChI is InChI=1S/C19H17FN2OS/c1-2-22(13-14-7-6-10-16(20)11-14)19(23)17-12-21-18(24-17)15-8-4-3-5-9-15/h3-12H,2,13H2,1H3. The summed E-state index contributed by atoms with van der Waals surface area (Å²) in [6.07, 6.45) is 1.61. The predicted octanol–water partition coefficient (Wildman–Crippen LogP) is 4.61. The number of rotatable bonds is 5. The Morgan fingerprint density at radius 3 is 2.67 bits per heavy atom. The van der Waals surface area contributed by atoms with Gasteiger partial charge in [-0.3, -0.25) is 4.79 Å². The number of halogens is 1. The molecule has 1 aromatic heterocycles. The third kappa shape index (κ3) is 3.68. The van der Waals surface area contributed by atoms with E-state index in [0.717, 1.165) is 16.1 Å². The zero-order chi connectivity index (χ0) is 16.9. The molecule has 24 heavy (non-hydrogen) atoms. The molecule has 3 aromatic rings. The highest BCUT2D eigenvalue weighted by molar-refractivity contribution is 7.16. The minimum absolute atomic E-state index is 0.0820. The van der Waals surface area contributed by atoms with Gasteiger partial charge in [0, 0.05) is 18.7 Å². The van der Waals surface area contributed by atoms with Gasteiger partial charge in [0.2, 0.25) is 0 Å². The fourth-order valence-electron chi connectivity index (χ4n) is 2.43. The molecule has 3 nitrogen and oxygen atoms in total. The Bertz CT molecular complexity index is 832. The van der Waals surface area contributed by atoms with Gasteiger partial charge in [-0.2, -0.15) is 0 Å². The molecule has 1 amide bonds. The minimum atomic E-state index is -0.292. The van der Waals surface area contributed by atoms with Crippen LogP contribution in [0.4, 0.5) is 4.39 Å². The van der Waals surface area contributed by atoms with Crippen molar-refractivity contribution in [2.45, 2.75) is 13.5 Å². The van der Waals surface area contributed by atoms with Crippen molar-refractivity contribution in [2.24, 2.45) is 0 Å². The third-order valence-corrected chi connectivity index (χ3v) is 4.70. The summed E-state index contributed by atoms with van der Waals surface area (Å²) < 4.78 is 13.3. The lowest BCUT2D eigenvalue weighted by atomic mass is 10.2. The zero-order valence-corrected chi connectivity index (χ0v) is 14.1. The lowest BCUT2D eigenvalue weighted by Crippen LogP contribution is -2.29. The summed E-state index contributed by atoms with van der Waals surface area (Å²) in [5, 5.41) is 0.820. The van der Waals surface area contributed by atoms with E-state index in [4.69, 9.17) is 0 Å². The van der Waals surface area contributed by atoms with E-state index in [9.17, 15) is 9.18 Å². The number of hydrogen-bond acceptors (Lipinski definition) is 3. The van der Waals surface area contributed by atoms with Crippen molar-refractivity contribution < 1.29 is 9.18 Å². The highest BCUT2D eigenvalue weighted by Crippen LogP contribution is 2.26. The maximum absolute atomic E-state index is 13.3. The van der Waals surface area contributed by atoms with Crippen molar-refractivity contribution in [3.05, 3.63) is 77.1 Å². The molecule has 0 spiro atoms. The van der Waals surface area contributed by atoms with E-state index in [1.165, 1.54) is 23.5 Å². The molecule has 0 saturated carbocycles. The summed E-state index contributed by atoms with van der Waals surface area (Å²) in [7, 11) is 0. The van der Waals surface area contributed by atoms with Crippen molar-refractivity contribution in [2.75, 3.05) is 6.54 Å². The van der Waals surface area contributed by atoms with Crippen LogP contribution in [0.25, 0.3) is 10.6 Å². The predicted molar refractivity (Wildman–Crippen MR) is 94.4 cm³/mol. The van der Waals surface area contributed by atoms with Gasteiger partial charge in [0.1, 0.15) is 15.7 Å². The van der Waals surface area contributed by atoms with Crippen LogP contribution in [-0.2, 0) is 6.54 Å². The molecule has 0 aliphatic rings. The number of carbonyl (C=O) groups excluding carboxylic acids is 1. The number of thiazole rings is 1. The van der Waals surface area contributed by atoms with Gasteiger partial charge in [0.15, 0.2) is 0 Å². The molecule has 5 heteroatoms. The highest BCUT2D eigenvalue weighted by atomic mass is 32.1. The largest absolute Gasteiger partial charge is 0.334 e. The molecule has 0 unspecified atom stereocenters. The molecule has 122 valence electrons. The van der Waals surface area contributed by atoms with Gasteiger partial charge < -0.3 is 4.90 Å². The van der Waals surface area contributed by atoms with E-state index < -0.39 is 0 Å². The Morgan fingerprint density at radius 2 is 1.96 bits per heavy atom.